The first kappa shape index (κ1) is 20.6. The first-order chi connectivity index (χ1) is 14.4. The number of aromatic amines is 1. The molecule has 156 valence electrons. The van der Waals surface area contributed by atoms with Gasteiger partial charge in [-0.25, -0.2) is 4.98 Å². The molecular weight excluding hydrogens is 396 g/mol. The van der Waals surface area contributed by atoms with Crippen molar-refractivity contribution in [2.24, 2.45) is 11.7 Å². The Morgan fingerprint density at radius 2 is 2.13 bits per heavy atom. The number of H-pyrrole nitrogens is 1. The number of nitrogens with one attached hydrogen (secondary N) is 2. The van der Waals surface area contributed by atoms with Crippen LogP contribution in [0.5, 0.6) is 0 Å². The van der Waals surface area contributed by atoms with Crippen molar-refractivity contribution in [2.75, 3.05) is 0 Å². The summed E-state index contributed by atoms with van der Waals surface area (Å²) in [4.78, 5) is 7.98. The van der Waals surface area contributed by atoms with Gasteiger partial charge in [0.05, 0.1) is 5.69 Å². The molecule has 2 heterocycles. The Kier molecular flexibility index (Phi) is 5.93. The van der Waals surface area contributed by atoms with E-state index in [0.717, 1.165) is 40.6 Å². The number of aromatic nitrogens is 2. The van der Waals surface area contributed by atoms with E-state index in [1.165, 1.54) is 17.3 Å². The fraction of sp³-hybridized carbons (Fsp3) is 0.333. The minimum Gasteiger partial charge on any atom is -0.457 e. The van der Waals surface area contributed by atoms with Crippen LogP contribution in [0.15, 0.2) is 40.3 Å². The van der Waals surface area contributed by atoms with Crippen LogP contribution in [0.4, 0.5) is 0 Å². The van der Waals surface area contributed by atoms with E-state index in [9.17, 15) is 0 Å². The average Bonchev–Trinajstić information content (AvgIpc) is 3.33. The highest BCUT2D eigenvalue weighted by Crippen LogP contribution is 2.28. The SMILES string of the molecule is CC(C)CCc1ccc(Cl)cc1Cc1ccc(-c2nc3c([nH]2)CC(N)C(C=N)=C3)o1. The summed E-state index contributed by atoms with van der Waals surface area (Å²) < 4.78 is 6.12. The van der Waals surface area contributed by atoms with Crippen molar-refractivity contribution in [3.05, 3.63) is 69.2 Å². The van der Waals surface area contributed by atoms with Gasteiger partial charge in [0.2, 0.25) is 0 Å². The Balaban J connectivity index is 1.56. The molecule has 1 unspecified atom stereocenters. The lowest BCUT2D eigenvalue weighted by Crippen LogP contribution is -2.28. The molecule has 0 radical (unpaired) electrons. The zero-order valence-electron chi connectivity index (χ0n) is 17.3. The zero-order chi connectivity index (χ0) is 21.3. The molecule has 0 amide bonds. The van der Waals surface area contributed by atoms with Crippen molar-refractivity contribution in [2.45, 2.75) is 45.6 Å². The molecule has 1 aliphatic carbocycles. The van der Waals surface area contributed by atoms with Crippen LogP contribution in [-0.2, 0) is 19.3 Å². The van der Waals surface area contributed by atoms with Crippen LogP contribution in [-0.4, -0.2) is 22.2 Å². The number of halogens is 1. The monoisotopic (exact) mass is 422 g/mol. The average molecular weight is 423 g/mol. The second-order valence-corrected chi connectivity index (χ2v) is 8.77. The fourth-order valence-corrected chi connectivity index (χ4v) is 4.00. The van der Waals surface area contributed by atoms with Crippen LogP contribution < -0.4 is 5.73 Å². The van der Waals surface area contributed by atoms with Gasteiger partial charge in [0.1, 0.15) is 5.76 Å². The highest BCUT2D eigenvalue weighted by molar-refractivity contribution is 6.30. The van der Waals surface area contributed by atoms with Crippen molar-refractivity contribution < 1.29 is 4.42 Å². The minimum atomic E-state index is -0.178. The maximum absolute atomic E-state index is 7.50. The molecule has 1 aliphatic rings. The Morgan fingerprint density at radius 3 is 2.90 bits per heavy atom. The predicted molar refractivity (Wildman–Crippen MR) is 122 cm³/mol. The van der Waals surface area contributed by atoms with Gasteiger partial charge >= 0.3 is 0 Å². The zero-order valence-corrected chi connectivity index (χ0v) is 18.1. The Labute approximate surface area is 181 Å². The van der Waals surface area contributed by atoms with Crippen molar-refractivity contribution >= 4 is 23.9 Å². The van der Waals surface area contributed by atoms with Gasteiger partial charge in [-0.2, -0.15) is 0 Å². The van der Waals surface area contributed by atoms with Crippen LogP contribution in [0.25, 0.3) is 17.7 Å². The normalized spacial score (nSPS) is 15.9. The van der Waals surface area contributed by atoms with Crippen molar-refractivity contribution in [1.82, 2.24) is 9.97 Å². The molecule has 6 heteroatoms. The summed E-state index contributed by atoms with van der Waals surface area (Å²) in [5.41, 5.74) is 11.2. The van der Waals surface area contributed by atoms with E-state index in [0.29, 0.717) is 30.3 Å². The van der Waals surface area contributed by atoms with Gasteiger partial charge in [-0.3, -0.25) is 0 Å². The number of rotatable bonds is 7. The van der Waals surface area contributed by atoms with Gasteiger partial charge in [0.15, 0.2) is 11.6 Å². The molecule has 0 aliphatic heterocycles. The Morgan fingerprint density at radius 1 is 1.30 bits per heavy atom. The second kappa shape index (κ2) is 8.62. The largest absolute Gasteiger partial charge is 0.457 e. The second-order valence-electron chi connectivity index (χ2n) is 8.34. The van der Waals surface area contributed by atoms with Crippen LogP contribution >= 0.6 is 11.6 Å². The van der Waals surface area contributed by atoms with Gasteiger partial charge in [-0.15, -0.1) is 0 Å². The number of imidazole rings is 1. The van der Waals surface area contributed by atoms with Crippen LogP contribution in [0, 0.1) is 11.3 Å². The lowest BCUT2D eigenvalue weighted by molar-refractivity contribution is 0.529. The van der Waals surface area contributed by atoms with Crippen molar-refractivity contribution in [1.29, 1.82) is 5.41 Å². The molecule has 0 saturated heterocycles. The maximum atomic E-state index is 7.50. The van der Waals surface area contributed by atoms with E-state index in [-0.39, 0.29) is 6.04 Å². The molecular formula is C24H27ClN4O. The smallest absolute Gasteiger partial charge is 0.174 e. The van der Waals surface area contributed by atoms with Crippen LogP contribution in [0.3, 0.4) is 0 Å². The summed E-state index contributed by atoms with van der Waals surface area (Å²) in [6.07, 6.45) is 6.67. The number of hydrogen-bond donors (Lipinski definition) is 3. The molecule has 4 rings (SSSR count). The molecule has 2 aromatic heterocycles. The molecule has 0 spiro atoms. The van der Waals surface area contributed by atoms with Crippen molar-refractivity contribution in [3.8, 4) is 11.6 Å². The Bertz CT molecular complexity index is 1090. The minimum absolute atomic E-state index is 0.178. The number of nitrogens with two attached hydrogens (primary N) is 1. The molecule has 0 fully saturated rings. The highest BCUT2D eigenvalue weighted by Gasteiger charge is 2.21. The molecule has 30 heavy (non-hydrogen) atoms. The number of nitrogens with zero attached hydrogens (tertiary/aromatic N) is 1. The molecule has 0 bridgehead atoms. The maximum Gasteiger partial charge on any atom is 0.174 e. The topological polar surface area (TPSA) is 91.7 Å². The standard InChI is InChI=1S/C24H27ClN4O/c1-14(2)3-4-15-5-6-18(25)9-16(15)10-19-7-8-23(30-19)24-28-21-11-17(13-26)20(27)12-22(21)29-24/h5-9,11,13-14,20,26H,3-4,10,12,27H2,1-2H3,(H,28,29). The van der Waals surface area contributed by atoms with Gasteiger partial charge in [0.25, 0.3) is 0 Å². The van der Waals surface area contributed by atoms with Gasteiger partial charge in [-0.05, 0) is 65.8 Å². The summed E-state index contributed by atoms with van der Waals surface area (Å²) in [6, 6.07) is 9.88. The van der Waals surface area contributed by atoms with Gasteiger partial charge in [0, 0.05) is 35.8 Å². The molecule has 1 atom stereocenters. The quantitative estimate of drug-likeness (QED) is 0.444. The third-order valence-electron chi connectivity index (χ3n) is 5.55. The fourth-order valence-electron chi connectivity index (χ4n) is 3.80. The molecule has 3 aromatic rings. The van der Waals surface area contributed by atoms with Gasteiger partial charge in [-0.1, -0.05) is 31.5 Å². The number of aryl methyl sites for hydroxylation is 1. The summed E-state index contributed by atoms with van der Waals surface area (Å²) in [6.45, 7) is 4.48. The number of fused-ring (bicyclic) bond motifs is 1. The van der Waals surface area contributed by atoms with E-state index in [1.807, 2.05) is 30.3 Å². The predicted octanol–water partition coefficient (Wildman–Crippen LogP) is 5.42. The number of hydrogen-bond acceptors (Lipinski definition) is 4. The lowest BCUT2D eigenvalue weighted by atomic mass is 9.96. The van der Waals surface area contributed by atoms with E-state index < -0.39 is 0 Å². The summed E-state index contributed by atoms with van der Waals surface area (Å²) >= 11 is 6.26. The third-order valence-corrected chi connectivity index (χ3v) is 5.79. The van der Waals surface area contributed by atoms with Crippen LogP contribution in [0.2, 0.25) is 5.02 Å². The Hall–Kier alpha value is -2.63. The summed E-state index contributed by atoms with van der Waals surface area (Å²) in [5.74, 6) is 2.92. The molecule has 1 aromatic carbocycles. The van der Waals surface area contributed by atoms with E-state index in [2.05, 4.69) is 29.9 Å². The van der Waals surface area contributed by atoms with Crippen molar-refractivity contribution in [3.63, 3.8) is 0 Å². The van der Waals surface area contributed by atoms with E-state index in [4.69, 9.17) is 27.2 Å². The highest BCUT2D eigenvalue weighted by atomic mass is 35.5. The first-order valence-corrected chi connectivity index (χ1v) is 10.7. The molecule has 0 saturated carbocycles. The third kappa shape index (κ3) is 4.42. The molecule has 4 N–H and O–H groups in total. The van der Waals surface area contributed by atoms with E-state index >= 15 is 0 Å². The number of furan rings is 1. The lowest BCUT2D eigenvalue weighted by Gasteiger charge is -2.16. The van der Waals surface area contributed by atoms with Gasteiger partial charge < -0.3 is 20.5 Å². The summed E-state index contributed by atoms with van der Waals surface area (Å²) in [5, 5.41) is 8.24. The van der Waals surface area contributed by atoms with Crippen LogP contribution in [0.1, 0.15) is 48.5 Å². The first-order valence-electron chi connectivity index (χ1n) is 10.4. The van der Waals surface area contributed by atoms with E-state index in [1.54, 1.807) is 0 Å². The summed E-state index contributed by atoms with van der Waals surface area (Å²) in [7, 11) is 0. The number of benzene rings is 1. The molecule has 5 nitrogen and oxygen atoms in total.